The monoisotopic (exact) mass is 356 g/mol. The number of aliphatic hydroxyl groups is 1. The first kappa shape index (κ1) is 23.2. The Morgan fingerprint density at radius 1 is 1.24 bits per heavy atom. The summed E-state index contributed by atoms with van der Waals surface area (Å²) in [5, 5.41) is 17.7. The van der Waals surface area contributed by atoms with Gasteiger partial charge in [0.1, 0.15) is 6.04 Å². The number of hydrogen-bond donors (Lipinski definition) is 3. The van der Waals surface area contributed by atoms with Gasteiger partial charge in [0.05, 0.1) is 12.6 Å². The molecule has 0 fully saturated rings. The molecule has 2 amide bonds. The Morgan fingerprint density at radius 3 is 2.44 bits per heavy atom. The van der Waals surface area contributed by atoms with Crippen molar-refractivity contribution in [1.82, 2.24) is 15.5 Å². The maximum atomic E-state index is 12.6. The molecule has 2 atom stereocenters. The summed E-state index contributed by atoms with van der Waals surface area (Å²) in [5.41, 5.74) is 8.27. The van der Waals surface area contributed by atoms with Crippen molar-refractivity contribution >= 4 is 11.8 Å². The SMILES string of the molecule is CC(C)CC(C(=O)NC(CCCCN=[N+]=[N-])C(=O)NCCO)N(C)C. The summed E-state index contributed by atoms with van der Waals surface area (Å²) in [6.07, 6.45) is 2.44. The molecule has 3 N–H and O–H groups in total. The number of aliphatic hydroxyl groups excluding tert-OH is 1. The molecule has 0 saturated heterocycles. The molecule has 0 heterocycles. The second-order valence-corrected chi connectivity index (χ2v) is 6.64. The van der Waals surface area contributed by atoms with Crippen molar-refractivity contribution in [3.05, 3.63) is 10.4 Å². The fraction of sp³-hybridized carbons (Fsp3) is 0.875. The molecule has 0 aromatic rings. The number of nitrogens with one attached hydrogen (secondary N) is 2. The summed E-state index contributed by atoms with van der Waals surface area (Å²) in [4.78, 5) is 29.4. The number of likely N-dealkylation sites (N-methyl/N-ethyl adjacent to an activating group) is 1. The highest BCUT2D eigenvalue weighted by molar-refractivity contribution is 5.89. The second kappa shape index (κ2) is 13.5. The summed E-state index contributed by atoms with van der Waals surface area (Å²) in [6, 6.07) is -0.976. The van der Waals surface area contributed by atoms with E-state index < -0.39 is 6.04 Å². The third kappa shape index (κ3) is 10.6. The first-order valence-electron chi connectivity index (χ1n) is 8.69. The van der Waals surface area contributed by atoms with Crippen LogP contribution in [0.2, 0.25) is 0 Å². The van der Waals surface area contributed by atoms with Crippen molar-refractivity contribution in [1.29, 1.82) is 0 Å². The smallest absolute Gasteiger partial charge is 0.242 e. The van der Waals surface area contributed by atoms with E-state index in [1.807, 2.05) is 32.8 Å². The second-order valence-electron chi connectivity index (χ2n) is 6.64. The molecule has 2 unspecified atom stereocenters. The van der Waals surface area contributed by atoms with Gasteiger partial charge in [0.15, 0.2) is 0 Å². The van der Waals surface area contributed by atoms with Gasteiger partial charge in [-0.05, 0) is 44.8 Å². The zero-order chi connectivity index (χ0) is 19.2. The maximum Gasteiger partial charge on any atom is 0.242 e. The topological polar surface area (TPSA) is 130 Å². The molecule has 0 saturated carbocycles. The normalized spacial score (nSPS) is 13.2. The minimum absolute atomic E-state index is 0.146. The zero-order valence-electron chi connectivity index (χ0n) is 15.7. The molecule has 9 heteroatoms. The molecule has 0 radical (unpaired) electrons. The van der Waals surface area contributed by atoms with Gasteiger partial charge in [0.2, 0.25) is 11.8 Å². The molecule has 25 heavy (non-hydrogen) atoms. The first-order valence-corrected chi connectivity index (χ1v) is 8.69. The predicted octanol–water partition coefficient (Wildman–Crippen LogP) is 1.04. The number of unbranched alkanes of at least 4 members (excludes halogenated alkanes) is 1. The Labute approximate surface area is 149 Å². The highest BCUT2D eigenvalue weighted by atomic mass is 16.3. The van der Waals surface area contributed by atoms with Crippen LogP contribution in [0.5, 0.6) is 0 Å². The van der Waals surface area contributed by atoms with Gasteiger partial charge in [-0.15, -0.1) is 0 Å². The lowest BCUT2D eigenvalue weighted by Gasteiger charge is -2.27. The number of amides is 2. The van der Waals surface area contributed by atoms with Gasteiger partial charge in [0, 0.05) is 18.0 Å². The van der Waals surface area contributed by atoms with Crippen LogP contribution >= 0.6 is 0 Å². The summed E-state index contributed by atoms with van der Waals surface area (Å²) in [7, 11) is 3.68. The fourth-order valence-corrected chi connectivity index (χ4v) is 2.41. The number of carbonyl (C=O) groups excluding carboxylic acids is 2. The molecule has 0 aliphatic heterocycles. The van der Waals surface area contributed by atoms with Crippen LogP contribution in [0, 0.1) is 5.92 Å². The molecule has 0 aromatic heterocycles. The summed E-state index contributed by atoms with van der Waals surface area (Å²) >= 11 is 0. The van der Waals surface area contributed by atoms with E-state index in [-0.39, 0.29) is 31.0 Å². The van der Waals surface area contributed by atoms with Crippen LogP contribution in [-0.2, 0) is 9.59 Å². The molecule has 0 bridgehead atoms. The third-order valence-corrected chi connectivity index (χ3v) is 3.73. The molecule has 0 aliphatic rings. The van der Waals surface area contributed by atoms with Crippen molar-refractivity contribution in [2.24, 2.45) is 11.0 Å². The van der Waals surface area contributed by atoms with Gasteiger partial charge >= 0.3 is 0 Å². The van der Waals surface area contributed by atoms with Crippen LogP contribution in [0.15, 0.2) is 5.11 Å². The molecule has 0 aromatic carbocycles. The first-order chi connectivity index (χ1) is 11.8. The van der Waals surface area contributed by atoms with E-state index in [2.05, 4.69) is 20.7 Å². The fourth-order valence-electron chi connectivity index (χ4n) is 2.41. The van der Waals surface area contributed by atoms with Crippen LogP contribution in [0.1, 0.15) is 39.5 Å². The van der Waals surface area contributed by atoms with Crippen LogP contribution < -0.4 is 10.6 Å². The number of hydrogen-bond acceptors (Lipinski definition) is 5. The lowest BCUT2D eigenvalue weighted by atomic mass is 10.0. The highest BCUT2D eigenvalue weighted by Crippen LogP contribution is 2.11. The number of rotatable bonds is 13. The van der Waals surface area contributed by atoms with E-state index in [9.17, 15) is 9.59 Å². The van der Waals surface area contributed by atoms with E-state index in [4.69, 9.17) is 10.6 Å². The molecule has 0 aliphatic carbocycles. The number of nitrogens with zero attached hydrogens (tertiary/aromatic N) is 4. The molecule has 0 spiro atoms. The largest absolute Gasteiger partial charge is 0.395 e. The van der Waals surface area contributed by atoms with Crippen molar-refractivity contribution in [3.8, 4) is 0 Å². The van der Waals surface area contributed by atoms with Crippen molar-refractivity contribution in [3.63, 3.8) is 0 Å². The Hall–Kier alpha value is -1.83. The van der Waals surface area contributed by atoms with E-state index in [0.717, 1.165) is 0 Å². The lowest BCUT2D eigenvalue weighted by Crippen LogP contribution is -2.53. The Bertz CT molecular complexity index is 449. The van der Waals surface area contributed by atoms with Gasteiger partial charge in [-0.2, -0.15) is 0 Å². The molecule has 9 nitrogen and oxygen atoms in total. The van der Waals surface area contributed by atoms with Gasteiger partial charge in [0.25, 0.3) is 0 Å². The average molecular weight is 356 g/mol. The molecular weight excluding hydrogens is 324 g/mol. The predicted molar refractivity (Wildman–Crippen MR) is 96.8 cm³/mol. The van der Waals surface area contributed by atoms with Crippen molar-refractivity contribution in [2.45, 2.75) is 51.6 Å². The third-order valence-electron chi connectivity index (χ3n) is 3.73. The van der Waals surface area contributed by atoms with Crippen LogP contribution in [-0.4, -0.2) is 67.7 Å². The molecular formula is C16H32N6O3. The molecule has 144 valence electrons. The Kier molecular flexibility index (Phi) is 12.5. The standard InChI is InChI=1S/C16H32N6O3/c1-12(2)11-14(22(3)4)16(25)20-13(15(24)18-9-10-23)7-5-6-8-19-21-17/h12-14,23H,5-11H2,1-4H3,(H,18,24)(H,20,25). The van der Waals surface area contributed by atoms with E-state index in [0.29, 0.717) is 38.1 Å². The average Bonchev–Trinajstić information content (AvgIpc) is 2.55. The van der Waals surface area contributed by atoms with Crippen LogP contribution in [0.3, 0.4) is 0 Å². The van der Waals surface area contributed by atoms with Crippen molar-refractivity contribution < 1.29 is 14.7 Å². The molecule has 0 rings (SSSR count). The summed E-state index contributed by atoms with van der Waals surface area (Å²) in [6.45, 7) is 4.45. The summed E-state index contributed by atoms with van der Waals surface area (Å²) in [5.74, 6) is -0.144. The number of azide groups is 1. The maximum absolute atomic E-state index is 12.6. The highest BCUT2D eigenvalue weighted by Gasteiger charge is 2.27. The van der Waals surface area contributed by atoms with E-state index in [1.54, 1.807) is 0 Å². The van der Waals surface area contributed by atoms with E-state index in [1.165, 1.54) is 0 Å². The van der Waals surface area contributed by atoms with Gasteiger partial charge < -0.3 is 15.7 Å². The zero-order valence-corrected chi connectivity index (χ0v) is 15.7. The van der Waals surface area contributed by atoms with Gasteiger partial charge in [-0.1, -0.05) is 25.4 Å². The Balaban J connectivity index is 4.83. The van der Waals surface area contributed by atoms with Gasteiger partial charge in [-0.3, -0.25) is 14.5 Å². The van der Waals surface area contributed by atoms with Gasteiger partial charge in [-0.25, -0.2) is 0 Å². The summed E-state index contributed by atoms with van der Waals surface area (Å²) < 4.78 is 0. The number of carbonyl (C=O) groups is 2. The van der Waals surface area contributed by atoms with Crippen LogP contribution in [0.4, 0.5) is 0 Å². The quantitative estimate of drug-likeness (QED) is 0.197. The minimum atomic E-state index is -0.667. The van der Waals surface area contributed by atoms with E-state index >= 15 is 0 Å². The minimum Gasteiger partial charge on any atom is -0.395 e. The Morgan fingerprint density at radius 2 is 1.92 bits per heavy atom. The lowest BCUT2D eigenvalue weighted by molar-refractivity contribution is -0.132. The van der Waals surface area contributed by atoms with Crippen LogP contribution in [0.25, 0.3) is 10.4 Å². The van der Waals surface area contributed by atoms with Crippen molar-refractivity contribution in [2.75, 3.05) is 33.8 Å².